The summed E-state index contributed by atoms with van der Waals surface area (Å²) in [7, 11) is 0. The molecule has 0 saturated heterocycles. The minimum Gasteiger partial charge on any atom is -0.457 e. The summed E-state index contributed by atoms with van der Waals surface area (Å²) in [5.41, 5.74) is 2.04. The molecular formula is C15H11ClFNO. The fourth-order valence-electron chi connectivity index (χ4n) is 1.67. The van der Waals surface area contributed by atoms with Gasteiger partial charge in [-0.1, -0.05) is 6.07 Å². The summed E-state index contributed by atoms with van der Waals surface area (Å²) in [4.78, 5) is 0. The number of benzene rings is 2. The summed E-state index contributed by atoms with van der Waals surface area (Å²) in [5.74, 6) is 0.816. The standard InChI is InChI=1S/C15H11ClFNO/c1-10-6-13(4-2-11(10)8-16)19-14-5-3-12(9-18)15(17)7-14/h2-7H,8H2,1H3. The highest BCUT2D eigenvalue weighted by atomic mass is 35.5. The fourth-order valence-corrected chi connectivity index (χ4v) is 1.97. The van der Waals surface area contributed by atoms with Gasteiger partial charge in [-0.05, 0) is 42.3 Å². The van der Waals surface area contributed by atoms with E-state index in [1.807, 2.05) is 19.1 Å². The number of hydrogen-bond donors (Lipinski definition) is 0. The molecule has 2 aromatic rings. The van der Waals surface area contributed by atoms with Crippen molar-refractivity contribution < 1.29 is 9.13 Å². The summed E-state index contributed by atoms with van der Waals surface area (Å²) < 4.78 is 19.0. The number of hydrogen-bond acceptors (Lipinski definition) is 2. The molecule has 19 heavy (non-hydrogen) atoms. The molecule has 0 N–H and O–H groups in total. The Labute approximate surface area is 116 Å². The molecule has 0 aliphatic rings. The second-order valence-electron chi connectivity index (χ2n) is 4.08. The van der Waals surface area contributed by atoms with Crippen LogP contribution in [0.5, 0.6) is 11.5 Å². The van der Waals surface area contributed by atoms with E-state index in [0.717, 1.165) is 11.1 Å². The van der Waals surface area contributed by atoms with Crippen molar-refractivity contribution in [2.45, 2.75) is 12.8 Å². The van der Waals surface area contributed by atoms with Crippen LogP contribution in [0.15, 0.2) is 36.4 Å². The average molecular weight is 276 g/mol. The first kappa shape index (κ1) is 13.4. The number of nitrogens with zero attached hydrogens (tertiary/aromatic N) is 1. The van der Waals surface area contributed by atoms with E-state index in [0.29, 0.717) is 17.4 Å². The minimum absolute atomic E-state index is 0.000943. The van der Waals surface area contributed by atoms with Crippen molar-refractivity contribution in [2.75, 3.05) is 0 Å². The Kier molecular flexibility index (Phi) is 4.03. The van der Waals surface area contributed by atoms with E-state index in [4.69, 9.17) is 21.6 Å². The Hall–Kier alpha value is -2.05. The van der Waals surface area contributed by atoms with Gasteiger partial charge in [-0.2, -0.15) is 5.26 Å². The van der Waals surface area contributed by atoms with Gasteiger partial charge in [0.2, 0.25) is 0 Å². The third-order valence-electron chi connectivity index (χ3n) is 2.75. The van der Waals surface area contributed by atoms with Crippen molar-refractivity contribution >= 4 is 11.6 Å². The number of alkyl halides is 1. The number of ether oxygens (including phenoxy) is 1. The topological polar surface area (TPSA) is 33.0 Å². The Morgan fingerprint density at radius 3 is 2.47 bits per heavy atom. The van der Waals surface area contributed by atoms with Crippen LogP contribution < -0.4 is 4.74 Å². The summed E-state index contributed by atoms with van der Waals surface area (Å²) in [5, 5.41) is 8.65. The van der Waals surface area contributed by atoms with Gasteiger partial charge in [0.05, 0.1) is 5.56 Å². The van der Waals surface area contributed by atoms with E-state index in [1.54, 1.807) is 18.2 Å². The van der Waals surface area contributed by atoms with Gasteiger partial charge < -0.3 is 4.74 Å². The van der Waals surface area contributed by atoms with E-state index in [9.17, 15) is 4.39 Å². The summed E-state index contributed by atoms with van der Waals surface area (Å²) in [6.45, 7) is 1.93. The molecule has 0 fully saturated rings. The smallest absolute Gasteiger partial charge is 0.144 e. The predicted octanol–water partition coefficient (Wildman–Crippen LogP) is 4.54. The third kappa shape index (κ3) is 3.04. The maximum atomic E-state index is 13.4. The predicted molar refractivity (Wildman–Crippen MR) is 71.9 cm³/mol. The van der Waals surface area contributed by atoms with Crippen LogP contribution >= 0.6 is 11.6 Å². The Morgan fingerprint density at radius 1 is 1.21 bits per heavy atom. The minimum atomic E-state index is -0.589. The van der Waals surface area contributed by atoms with Gasteiger partial charge >= 0.3 is 0 Å². The van der Waals surface area contributed by atoms with Crippen LogP contribution in [0.25, 0.3) is 0 Å². The lowest BCUT2D eigenvalue weighted by atomic mass is 10.1. The molecule has 0 aliphatic carbocycles. The Morgan fingerprint density at radius 2 is 1.89 bits per heavy atom. The van der Waals surface area contributed by atoms with E-state index in [1.165, 1.54) is 12.1 Å². The molecule has 0 aliphatic heterocycles. The number of halogens is 2. The fraction of sp³-hybridized carbons (Fsp3) is 0.133. The lowest BCUT2D eigenvalue weighted by Gasteiger charge is -2.09. The normalized spacial score (nSPS) is 10.0. The second kappa shape index (κ2) is 5.73. The highest BCUT2D eigenvalue weighted by molar-refractivity contribution is 6.17. The Balaban J connectivity index is 2.24. The summed E-state index contributed by atoms with van der Waals surface area (Å²) in [6, 6.07) is 11.4. The van der Waals surface area contributed by atoms with Gasteiger partial charge in [0, 0.05) is 11.9 Å². The molecule has 2 rings (SSSR count). The van der Waals surface area contributed by atoms with Crippen molar-refractivity contribution in [3.05, 3.63) is 58.9 Å². The van der Waals surface area contributed by atoms with Crippen LogP contribution in [0.3, 0.4) is 0 Å². The molecule has 4 heteroatoms. The molecular weight excluding hydrogens is 265 g/mol. The first-order valence-corrected chi connectivity index (χ1v) is 6.20. The van der Waals surface area contributed by atoms with E-state index >= 15 is 0 Å². The van der Waals surface area contributed by atoms with Crippen molar-refractivity contribution in [3.63, 3.8) is 0 Å². The molecule has 0 atom stereocenters. The molecule has 0 bridgehead atoms. The number of aryl methyl sites for hydroxylation is 1. The van der Waals surface area contributed by atoms with Gasteiger partial charge in [0.25, 0.3) is 0 Å². The quantitative estimate of drug-likeness (QED) is 0.771. The molecule has 0 aromatic heterocycles. The van der Waals surface area contributed by atoms with Crippen molar-refractivity contribution in [2.24, 2.45) is 0 Å². The van der Waals surface area contributed by atoms with E-state index in [2.05, 4.69) is 0 Å². The van der Waals surface area contributed by atoms with Gasteiger partial charge in [-0.3, -0.25) is 0 Å². The van der Waals surface area contributed by atoms with Gasteiger partial charge in [0.1, 0.15) is 23.4 Å². The first-order valence-electron chi connectivity index (χ1n) is 5.67. The molecule has 0 unspecified atom stereocenters. The van der Waals surface area contributed by atoms with Crippen LogP contribution in [0.4, 0.5) is 4.39 Å². The van der Waals surface area contributed by atoms with E-state index in [-0.39, 0.29) is 5.56 Å². The average Bonchev–Trinajstić information content (AvgIpc) is 2.39. The second-order valence-corrected chi connectivity index (χ2v) is 4.34. The lowest BCUT2D eigenvalue weighted by molar-refractivity contribution is 0.476. The van der Waals surface area contributed by atoms with Crippen LogP contribution in [-0.4, -0.2) is 0 Å². The molecule has 2 aromatic carbocycles. The maximum Gasteiger partial charge on any atom is 0.144 e. The van der Waals surface area contributed by atoms with Crippen molar-refractivity contribution in [1.82, 2.24) is 0 Å². The molecule has 2 nitrogen and oxygen atoms in total. The van der Waals surface area contributed by atoms with E-state index < -0.39 is 5.82 Å². The third-order valence-corrected chi connectivity index (χ3v) is 3.04. The lowest BCUT2D eigenvalue weighted by Crippen LogP contribution is -1.90. The zero-order valence-electron chi connectivity index (χ0n) is 10.3. The van der Waals surface area contributed by atoms with Crippen molar-refractivity contribution in [1.29, 1.82) is 5.26 Å². The van der Waals surface area contributed by atoms with Gasteiger partial charge in [0.15, 0.2) is 0 Å². The monoisotopic (exact) mass is 275 g/mol. The van der Waals surface area contributed by atoms with Crippen LogP contribution in [-0.2, 0) is 5.88 Å². The van der Waals surface area contributed by atoms with Crippen LogP contribution in [0.1, 0.15) is 16.7 Å². The molecule has 0 heterocycles. The molecule has 0 amide bonds. The highest BCUT2D eigenvalue weighted by Crippen LogP contribution is 2.25. The highest BCUT2D eigenvalue weighted by Gasteiger charge is 2.05. The SMILES string of the molecule is Cc1cc(Oc2ccc(C#N)c(F)c2)ccc1CCl. The molecule has 0 saturated carbocycles. The summed E-state index contributed by atoms with van der Waals surface area (Å²) in [6.07, 6.45) is 0. The first-order chi connectivity index (χ1) is 9.13. The van der Waals surface area contributed by atoms with Crippen LogP contribution in [0, 0.1) is 24.1 Å². The van der Waals surface area contributed by atoms with Gasteiger partial charge in [-0.15, -0.1) is 11.6 Å². The molecule has 0 spiro atoms. The Bertz CT molecular complexity index is 649. The van der Waals surface area contributed by atoms with Crippen molar-refractivity contribution in [3.8, 4) is 17.6 Å². The number of rotatable bonds is 3. The number of nitriles is 1. The summed E-state index contributed by atoms with van der Waals surface area (Å²) >= 11 is 5.78. The molecule has 0 radical (unpaired) electrons. The molecule has 96 valence electrons. The largest absolute Gasteiger partial charge is 0.457 e. The van der Waals surface area contributed by atoms with Crippen LogP contribution in [0.2, 0.25) is 0 Å². The zero-order chi connectivity index (χ0) is 13.8. The zero-order valence-corrected chi connectivity index (χ0v) is 11.0. The maximum absolute atomic E-state index is 13.4. The van der Waals surface area contributed by atoms with Gasteiger partial charge in [-0.25, -0.2) is 4.39 Å².